The summed E-state index contributed by atoms with van der Waals surface area (Å²) in [7, 11) is 0. The van der Waals surface area contributed by atoms with Crippen molar-refractivity contribution in [2.75, 3.05) is 0 Å². The SMILES string of the molecule is Cc1cccn2c1nc1c(=O)c(C(=O)O)c[nH]c12. The first kappa shape index (κ1) is 10.5. The number of nitrogens with zero attached hydrogens (tertiary/aromatic N) is 2. The van der Waals surface area contributed by atoms with E-state index in [1.807, 2.05) is 19.1 Å². The van der Waals surface area contributed by atoms with E-state index in [9.17, 15) is 9.59 Å². The number of rotatable bonds is 1. The number of imidazole rings is 1. The highest BCUT2D eigenvalue weighted by atomic mass is 16.4. The summed E-state index contributed by atoms with van der Waals surface area (Å²) in [5, 5.41) is 8.90. The Hall–Kier alpha value is -2.63. The normalized spacial score (nSPS) is 11.2. The number of aromatic amines is 1. The maximum atomic E-state index is 12.0. The van der Waals surface area contributed by atoms with Crippen molar-refractivity contribution in [1.82, 2.24) is 14.4 Å². The van der Waals surface area contributed by atoms with Crippen molar-refractivity contribution < 1.29 is 9.90 Å². The molecule has 90 valence electrons. The van der Waals surface area contributed by atoms with Gasteiger partial charge in [-0.05, 0) is 18.6 Å². The molecule has 3 aromatic rings. The Bertz CT molecular complexity index is 845. The number of hydrogen-bond acceptors (Lipinski definition) is 3. The minimum Gasteiger partial charge on any atom is -0.477 e. The molecule has 0 unspecified atom stereocenters. The van der Waals surface area contributed by atoms with E-state index in [4.69, 9.17) is 5.11 Å². The van der Waals surface area contributed by atoms with E-state index in [1.54, 1.807) is 10.6 Å². The van der Waals surface area contributed by atoms with Crippen LogP contribution >= 0.6 is 0 Å². The first-order valence-electron chi connectivity index (χ1n) is 5.32. The Morgan fingerprint density at radius 2 is 2.28 bits per heavy atom. The molecule has 3 heterocycles. The lowest BCUT2D eigenvalue weighted by Gasteiger charge is -1.97. The van der Waals surface area contributed by atoms with E-state index in [0.29, 0.717) is 11.3 Å². The van der Waals surface area contributed by atoms with Gasteiger partial charge < -0.3 is 10.1 Å². The van der Waals surface area contributed by atoms with Crippen LogP contribution in [-0.4, -0.2) is 25.4 Å². The van der Waals surface area contributed by atoms with Crippen LogP contribution in [0.1, 0.15) is 15.9 Å². The van der Waals surface area contributed by atoms with E-state index >= 15 is 0 Å². The maximum absolute atomic E-state index is 12.0. The van der Waals surface area contributed by atoms with Crippen LogP contribution in [0.4, 0.5) is 0 Å². The zero-order chi connectivity index (χ0) is 12.9. The number of carboxylic acid groups (broad SMARTS) is 1. The molecule has 0 atom stereocenters. The molecule has 2 N–H and O–H groups in total. The molecule has 3 rings (SSSR count). The second-order valence-electron chi connectivity index (χ2n) is 4.03. The molecule has 0 aliphatic rings. The second-order valence-corrected chi connectivity index (χ2v) is 4.03. The average Bonchev–Trinajstić information content (AvgIpc) is 2.70. The van der Waals surface area contributed by atoms with E-state index < -0.39 is 11.4 Å². The third kappa shape index (κ3) is 1.26. The van der Waals surface area contributed by atoms with Gasteiger partial charge in [0.15, 0.2) is 5.52 Å². The Kier molecular flexibility index (Phi) is 2.00. The van der Waals surface area contributed by atoms with Crippen molar-refractivity contribution in [3.63, 3.8) is 0 Å². The molecular formula is C12H9N3O3. The molecule has 0 bridgehead atoms. The van der Waals surface area contributed by atoms with Crippen molar-refractivity contribution >= 4 is 22.8 Å². The smallest absolute Gasteiger partial charge is 0.341 e. The quantitative estimate of drug-likeness (QED) is 0.671. The van der Waals surface area contributed by atoms with Crippen LogP contribution in [-0.2, 0) is 0 Å². The van der Waals surface area contributed by atoms with Gasteiger partial charge in [0.05, 0.1) is 0 Å². The number of aromatic carboxylic acids is 1. The molecule has 0 aromatic carbocycles. The lowest BCUT2D eigenvalue weighted by Crippen LogP contribution is -2.15. The second kappa shape index (κ2) is 3.43. The maximum Gasteiger partial charge on any atom is 0.341 e. The number of fused-ring (bicyclic) bond motifs is 3. The van der Waals surface area contributed by atoms with Gasteiger partial charge in [-0.15, -0.1) is 0 Å². The van der Waals surface area contributed by atoms with Gasteiger partial charge in [-0.1, -0.05) is 6.07 Å². The molecule has 0 amide bonds. The van der Waals surface area contributed by atoms with Crippen LogP contribution in [0.3, 0.4) is 0 Å². The number of hydrogen-bond donors (Lipinski definition) is 2. The van der Waals surface area contributed by atoms with Crippen LogP contribution in [0.5, 0.6) is 0 Å². The van der Waals surface area contributed by atoms with Gasteiger partial charge in [-0.25, -0.2) is 9.78 Å². The molecule has 0 fully saturated rings. The molecule has 0 saturated heterocycles. The Morgan fingerprint density at radius 3 is 3.00 bits per heavy atom. The first-order chi connectivity index (χ1) is 8.59. The van der Waals surface area contributed by atoms with Crippen LogP contribution < -0.4 is 5.43 Å². The molecule has 6 nitrogen and oxygen atoms in total. The standard InChI is InChI=1S/C12H9N3O3/c1-6-3-2-4-15-10(6)14-8-9(16)7(12(17)18)5-13-11(8)15/h2-5H,1H3,(H,13,16)(H,17,18). The summed E-state index contributed by atoms with van der Waals surface area (Å²) in [6.07, 6.45) is 2.97. The molecule has 0 saturated carbocycles. The summed E-state index contributed by atoms with van der Waals surface area (Å²) in [5.41, 5.74) is 1.33. The minimum absolute atomic E-state index is 0.143. The summed E-state index contributed by atoms with van der Waals surface area (Å²) in [6, 6.07) is 3.72. The summed E-state index contributed by atoms with van der Waals surface area (Å²) in [6.45, 7) is 1.88. The number of pyridine rings is 2. The summed E-state index contributed by atoms with van der Waals surface area (Å²) < 4.78 is 1.73. The van der Waals surface area contributed by atoms with Crippen LogP contribution in [0, 0.1) is 6.92 Å². The van der Waals surface area contributed by atoms with Crippen LogP contribution in [0.15, 0.2) is 29.3 Å². The number of nitrogens with one attached hydrogen (secondary N) is 1. The fraction of sp³-hybridized carbons (Fsp3) is 0.0833. The molecule has 6 heteroatoms. The van der Waals surface area contributed by atoms with Gasteiger partial charge >= 0.3 is 5.97 Å². The van der Waals surface area contributed by atoms with Crippen molar-refractivity contribution in [3.05, 3.63) is 45.9 Å². The molecule has 18 heavy (non-hydrogen) atoms. The minimum atomic E-state index is -1.26. The molecule has 0 aliphatic heterocycles. The molecule has 0 radical (unpaired) electrons. The first-order valence-corrected chi connectivity index (χ1v) is 5.32. The monoisotopic (exact) mass is 243 g/mol. The van der Waals surface area contributed by atoms with E-state index in [0.717, 1.165) is 5.56 Å². The third-order valence-electron chi connectivity index (χ3n) is 2.89. The highest BCUT2D eigenvalue weighted by Crippen LogP contribution is 2.14. The molecule has 3 aromatic heterocycles. The number of H-pyrrole nitrogens is 1. The largest absolute Gasteiger partial charge is 0.477 e. The average molecular weight is 243 g/mol. The van der Waals surface area contributed by atoms with Crippen LogP contribution in [0.2, 0.25) is 0 Å². The molecule has 0 aliphatic carbocycles. The van der Waals surface area contributed by atoms with Crippen molar-refractivity contribution in [3.8, 4) is 0 Å². The highest BCUT2D eigenvalue weighted by Gasteiger charge is 2.15. The predicted molar refractivity (Wildman–Crippen MR) is 65.0 cm³/mol. The summed E-state index contributed by atoms with van der Waals surface area (Å²) in [5.74, 6) is -1.26. The zero-order valence-corrected chi connectivity index (χ0v) is 9.47. The van der Waals surface area contributed by atoms with Crippen molar-refractivity contribution in [1.29, 1.82) is 0 Å². The Balaban J connectivity index is 2.55. The van der Waals surface area contributed by atoms with Gasteiger partial charge in [0.25, 0.3) is 0 Å². The van der Waals surface area contributed by atoms with Crippen molar-refractivity contribution in [2.45, 2.75) is 6.92 Å². The van der Waals surface area contributed by atoms with Gasteiger partial charge in [0.1, 0.15) is 16.9 Å². The Labute approximate surface area is 101 Å². The fourth-order valence-corrected chi connectivity index (χ4v) is 1.99. The zero-order valence-electron chi connectivity index (χ0n) is 9.47. The third-order valence-corrected chi connectivity index (χ3v) is 2.89. The van der Waals surface area contributed by atoms with Crippen LogP contribution in [0.25, 0.3) is 16.8 Å². The topological polar surface area (TPSA) is 87.5 Å². The van der Waals surface area contributed by atoms with Gasteiger partial charge in [0, 0.05) is 12.4 Å². The predicted octanol–water partition coefficient (Wildman–Crippen LogP) is 1.18. The van der Waals surface area contributed by atoms with Gasteiger partial charge in [-0.2, -0.15) is 0 Å². The van der Waals surface area contributed by atoms with Gasteiger partial charge in [0.2, 0.25) is 5.43 Å². The number of aryl methyl sites for hydroxylation is 1. The summed E-state index contributed by atoms with van der Waals surface area (Å²) in [4.78, 5) is 29.9. The number of carboxylic acids is 1. The van der Waals surface area contributed by atoms with Gasteiger partial charge in [-0.3, -0.25) is 9.20 Å². The molecule has 0 spiro atoms. The molecular weight excluding hydrogens is 234 g/mol. The summed E-state index contributed by atoms with van der Waals surface area (Å²) >= 11 is 0. The lowest BCUT2D eigenvalue weighted by molar-refractivity contribution is 0.0695. The lowest BCUT2D eigenvalue weighted by atomic mass is 10.2. The van der Waals surface area contributed by atoms with E-state index in [2.05, 4.69) is 9.97 Å². The highest BCUT2D eigenvalue weighted by molar-refractivity contribution is 5.91. The Morgan fingerprint density at radius 1 is 1.50 bits per heavy atom. The van der Waals surface area contributed by atoms with E-state index in [1.165, 1.54) is 6.20 Å². The fourth-order valence-electron chi connectivity index (χ4n) is 1.99. The number of aromatic nitrogens is 3. The van der Waals surface area contributed by atoms with E-state index in [-0.39, 0.29) is 11.1 Å². The van der Waals surface area contributed by atoms with Crippen molar-refractivity contribution in [2.24, 2.45) is 0 Å². The number of carbonyl (C=O) groups is 1.